The van der Waals surface area contributed by atoms with Gasteiger partial charge in [0.1, 0.15) is 5.01 Å². The van der Waals surface area contributed by atoms with E-state index in [4.69, 9.17) is 0 Å². The van der Waals surface area contributed by atoms with Gasteiger partial charge in [-0.05, 0) is 37.6 Å². The summed E-state index contributed by atoms with van der Waals surface area (Å²) in [5.74, 6) is 0. The molecule has 0 aliphatic heterocycles. The lowest BCUT2D eigenvalue weighted by atomic mass is 10.1. The number of aromatic nitrogens is 2. The molecule has 2 aromatic heterocycles. The quantitative estimate of drug-likeness (QED) is 0.683. The van der Waals surface area contributed by atoms with Gasteiger partial charge in [-0.3, -0.25) is 4.98 Å². The molecule has 3 aromatic rings. The number of aryl methyl sites for hydroxylation is 2. The second kappa shape index (κ2) is 4.94. The van der Waals surface area contributed by atoms with Gasteiger partial charge in [0.05, 0.1) is 4.88 Å². The fraction of sp³-hybridized carbons (Fsp3) is 0.125. The van der Waals surface area contributed by atoms with Crippen molar-refractivity contribution in [1.82, 2.24) is 9.97 Å². The Labute approximate surface area is 116 Å². The van der Waals surface area contributed by atoms with Crippen molar-refractivity contribution in [3.05, 3.63) is 60.0 Å². The highest BCUT2D eigenvalue weighted by Crippen LogP contribution is 2.32. The van der Waals surface area contributed by atoms with Crippen LogP contribution in [0.1, 0.15) is 11.3 Å². The summed E-state index contributed by atoms with van der Waals surface area (Å²) in [5, 5.41) is 1.06. The van der Waals surface area contributed by atoms with Crippen molar-refractivity contribution < 1.29 is 0 Å². The lowest BCUT2D eigenvalue weighted by Crippen LogP contribution is -1.79. The summed E-state index contributed by atoms with van der Waals surface area (Å²) >= 11 is 1.72. The van der Waals surface area contributed by atoms with Crippen LogP contribution in [-0.4, -0.2) is 9.97 Å². The Balaban J connectivity index is 2.00. The van der Waals surface area contributed by atoms with E-state index in [-0.39, 0.29) is 0 Å². The summed E-state index contributed by atoms with van der Waals surface area (Å²) in [5.41, 5.74) is 4.66. The van der Waals surface area contributed by atoms with Crippen molar-refractivity contribution in [1.29, 1.82) is 0 Å². The summed E-state index contributed by atoms with van der Waals surface area (Å²) < 4.78 is 0. The predicted octanol–water partition coefficient (Wildman–Crippen LogP) is 4.49. The van der Waals surface area contributed by atoms with E-state index in [1.807, 2.05) is 25.4 Å². The van der Waals surface area contributed by atoms with Gasteiger partial charge in [0.2, 0.25) is 0 Å². The van der Waals surface area contributed by atoms with Crippen LogP contribution in [0.2, 0.25) is 0 Å². The van der Waals surface area contributed by atoms with Crippen LogP contribution in [0, 0.1) is 13.8 Å². The Hall–Kier alpha value is -2.00. The molecule has 0 bridgehead atoms. The second-order valence-corrected chi connectivity index (χ2v) is 5.62. The maximum Gasteiger partial charge on any atom is 0.123 e. The highest BCUT2D eigenvalue weighted by atomic mass is 32.1. The molecule has 1 aromatic carbocycles. The smallest absolute Gasteiger partial charge is 0.123 e. The topological polar surface area (TPSA) is 25.8 Å². The highest BCUT2D eigenvalue weighted by molar-refractivity contribution is 7.18. The van der Waals surface area contributed by atoms with E-state index in [2.05, 4.69) is 47.2 Å². The fourth-order valence-corrected chi connectivity index (χ4v) is 2.93. The summed E-state index contributed by atoms with van der Waals surface area (Å²) in [6, 6.07) is 12.6. The molecule has 19 heavy (non-hydrogen) atoms. The Morgan fingerprint density at radius 1 is 0.947 bits per heavy atom. The van der Waals surface area contributed by atoms with Gasteiger partial charge in [0.15, 0.2) is 0 Å². The molecule has 3 heteroatoms. The molecule has 0 spiro atoms. The van der Waals surface area contributed by atoms with Crippen LogP contribution in [0.4, 0.5) is 0 Å². The maximum absolute atomic E-state index is 4.53. The molecule has 0 saturated heterocycles. The normalized spacial score (nSPS) is 10.6. The lowest BCUT2D eigenvalue weighted by Gasteiger charge is -1.98. The third kappa shape index (κ3) is 2.56. The van der Waals surface area contributed by atoms with Crippen LogP contribution in [0.15, 0.2) is 48.8 Å². The summed E-state index contributed by atoms with van der Waals surface area (Å²) in [6.45, 7) is 4.11. The average molecular weight is 266 g/mol. The molecule has 94 valence electrons. The van der Waals surface area contributed by atoms with Crippen molar-refractivity contribution in [2.24, 2.45) is 0 Å². The van der Waals surface area contributed by atoms with Crippen LogP contribution < -0.4 is 0 Å². The zero-order valence-corrected chi connectivity index (χ0v) is 11.7. The van der Waals surface area contributed by atoms with Gasteiger partial charge in [-0.2, -0.15) is 0 Å². The highest BCUT2D eigenvalue weighted by Gasteiger charge is 2.07. The van der Waals surface area contributed by atoms with Crippen molar-refractivity contribution >= 4 is 11.3 Å². The van der Waals surface area contributed by atoms with Crippen LogP contribution in [0.5, 0.6) is 0 Å². The zero-order chi connectivity index (χ0) is 13.2. The number of rotatable bonds is 2. The molecule has 0 fully saturated rings. The first-order valence-corrected chi connectivity index (χ1v) is 7.00. The van der Waals surface area contributed by atoms with E-state index in [0.29, 0.717) is 0 Å². The SMILES string of the molecule is Cc1cccc(-c2ncc(-c3ccnc(C)c3)s2)c1. The van der Waals surface area contributed by atoms with Gasteiger partial charge >= 0.3 is 0 Å². The summed E-state index contributed by atoms with van der Waals surface area (Å²) in [4.78, 5) is 9.94. The molecule has 0 aliphatic rings. The van der Waals surface area contributed by atoms with Gasteiger partial charge in [0, 0.05) is 23.7 Å². The molecule has 2 nitrogen and oxygen atoms in total. The van der Waals surface area contributed by atoms with E-state index in [9.17, 15) is 0 Å². The van der Waals surface area contributed by atoms with Gasteiger partial charge in [-0.25, -0.2) is 4.98 Å². The molecular formula is C16H14N2S. The molecule has 0 saturated carbocycles. The van der Waals surface area contributed by atoms with E-state index >= 15 is 0 Å². The first-order chi connectivity index (χ1) is 9.22. The van der Waals surface area contributed by atoms with E-state index in [1.54, 1.807) is 11.3 Å². The summed E-state index contributed by atoms with van der Waals surface area (Å²) in [7, 11) is 0. The number of nitrogens with zero attached hydrogens (tertiary/aromatic N) is 2. The average Bonchev–Trinajstić information content (AvgIpc) is 2.88. The van der Waals surface area contributed by atoms with E-state index in [0.717, 1.165) is 10.7 Å². The number of benzene rings is 1. The maximum atomic E-state index is 4.53. The van der Waals surface area contributed by atoms with Crippen molar-refractivity contribution in [3.8, 4) is 21.0 Å². The predicted molar refractivity (Wildman–Crippen MR) is 80.3 cm³/mol. The Kier molecular flexibility index (Phi) is 3.13. The standard InChI is InChI=1S/C16H14N2S/c1-11-4-3-5-14(8-11)16-18-10-15(19-16)13-6-7-17-12(2)9-13/h3-10H,1-2H3. The molecular weight excluding hydrogens is 252 g/mol. The Morgan fingerprint density at radius 3 is 2.63 bits per heavy atom. The monoisotopic (exact) mass is 266 g/mol. The second-order valence-electron chi connectivity index (χ2n) is 4.59. The molecule has 3 rings (SSSR count). The molecule has 0 radical (unpaired) electrons. The van der Waals surface area contributed by atoms with Crippen LogP contribution in [0.3, 0.4) is 0 Å². The number of pyridine rings is 1. The largest absolute Gasteiger partial charge is 0.262 e. The van der Waals surface area contributed by atoms with Crippen molar-refractivity contribution in [2.45, 2.75) is 13.8 Å². The Morgan fingerprint density at radius 2 is 1.84 bits per heavy atom. The molecule has 0 N–H and O–H groups in total. The van der Waals surface area contributed by atoms with Gasteiger partial charge in [-0.1, -0.05) is 23.8 Å². The minimum Gasteiger partial charge on any atom is -0.262 e. The van der Waals surface area contributed by atoms with Crippen LogP contribution in [-0.2, 0) is 0 Å². The van der Waals surface area contributed by atoms with E-state index < -0.39 is 0 Å². The van der Waals surface area contributed by atoms with Gasteiger partial charge < -0.3 is 0 Å². The number of thiazole rings is 1. The first kappa shape index (κ1) is 12.1. The minimum atomic E-state index is 1.03. The number of hydrogen-bond donors (Lipinski definition) is 0. The van der Waals surface area contributed by atoms with Crippen LogP contribution in [0.25, 0.3) is 21.0 Å². The minimum absolute atomic E-state index is 1.03. The first-order valence-electron chi connectivity index (χ1n) is 6.18. The summed E-state index contributed by atoms with van der Waals surface area (Å²) in [6.07, 6.45) is 3.79. The fourth-order valence-electron chi connectivity index (χ4n) is 2.02. The molecule has 0 amide bonds. The molecule has 0 aliphatic carbocycles. The lowest BCUT2D eigenvalue weighted by molar-refractivity contribution is 1.20. The molecule has 2 heterocycles. The van der Waals surface area contributed by atoms with Crippen molar-refractivity contribution in [2.75, 3.05) is 0 Å². The van der Waals surface area contributed by atoms with Gasteiger partial charge in [0.25, 0.3) is 0 Å². The van der Waals surface area contributed by atoms with Crippen LogP contribution >= 0.6 is 11.3 Å². The molecule has 0 unspecified atom stereocenters. The third-order valence-corrected chi connectivity index (χ3v) is 4.05. The number of hydrogen-bond acceptors (Lipinski definition) is 3. The molecule has 0 atom stereocenters. The third-order valence-electron chi connectivity index (χ3n) is 2.95. The Bertz CT molecular complexity index is 656. The van der Waals surface area contributed by atoms with E-state index in [1.165, 1.54) is 21.6 Å². The van der Waals surface area contributed by atoms with Crippen molar-refractivity contribution in [3.63, 3.8) is 0 Å². The zero-order valence-electron chi connectivity index (χ0n) is 10.9. The van der Waals surface area contributed by atoms with Gasteiger partial charge in [-0.15, -0.1) is 11.3 Å².